The van der Waals surface area contributed by atoms with Gasteiger partial charge in [-0.05, 0) is 48.6 Å². The van der Waals surface area contributed by atoms with Crippen molar-refractivity contribution in [1.29, 1.82) is 0 Å². The van der Waals surface area contributed by atoms with E-state index >= 15 is 0 Å². The SMILES string of the molecule is COc1ccc2c3c1O[C@H]1c4c(c5cccc6c5n4CCC6(OC)OC)C[C@@]4(O)[C@H](C2)N(CCc2ccccc2)CC[C@]314. The normalized spacial score (nSPS) is 29.2. The molecular weight excluding hydrogens is 540 g/mol. The van der Waals surface area contributed by atoms with Crippen molar-refractivity contribution in [3.8, 4) is 11.5 Å². The molecule has 9 rings (SSSR count). The second-order valence-corrected chi connectivity index (χ2v) is 13.1. The highest BCUT2D eigenvalue weighted by molar-refractivity contribution is 5.91. The second kappa shape index (κ2) is 8.85. The van der Waals surface area contributed by atoms with Crippen molar-refractivity contribution in [1.82, 2.24) is 9.47 Å². The lowest BCUT2D eigenvalue weighted by Gasteiger charge is -2.63. The third-order valence-electron chi connectivity index (χ3n) is 11.7. The van der Waals surface area contributed by atoms with Gasteiger partial charge in [-0.15, -0.1) is 0 Å². The summed E-state index contributed by atoms with van der Waals surface area (Å²) in [6, 6.07) is 21.4. The van der Waals surface area contributed by atoms with Crippen LogP contribution in [0.3, 0.4) is 0 Å². The number of aryl methyl sites for hydroxylation is 1. The van der Waals surface area contributed by atoms with Gasteiger partial charge in [0.1, 0.15) is 0 Å². The van der Waals surface area contributed by atoms with Crippen molar-refractivity contribution in [2.45, 2.75) is 67.6 Å². The predicted octanol–water partition coefficient (Wildman–Crippen LogP) is 5.03. The van der Waals surface area contributed by atoms with E-state index in [4.69, 9.17) is 18.9 Å². The van der Waals surface area contributed by atoms with Gasteiger partial charge in [-0.2, -0.15) is 0 Å². The van der Waals surface area contributed by atoms with Crippen molar-refractivity contribution in [3.05, 3.63) is 94.2 Å². The Balaban J connectivity index is 1.26. The van der Waals surface area contributed by atoms with Crippen LogP contribution < -0.4 is 9.47 Å². The quantitative estimate of drug-likeness (QED) is 0.324. The first-order valence-corrected chi connectivity index (χ1v) is 15.6. The molecule has 4 heterocycles. The van der Waals surface area contributed by atoms with Crippen LogP contribution in [0.5, 0.6) is 11.5 Å². The highest BCUT2D eigenvalue weighted by atomic mass is 16.7. The number of hydrogen-bond acceptors (Lipinski definition) is 6. The summed E-state index contributed by atoms with van der Waals surface area (Å²) in [5.41, 5.74) is 6.86. The number of aliphatic hydroxyl groups is 1. The monoisotopic (exact) mass is 578 g/mol. The molecule has 1 fully saturated rings. The van der Waals surface area contributed by atoms with Crippen molar-refractivity contribution in [3.63, 3.8) is 0 Å². The van der Waals surface area contributed by atoms with Gasteiger partial charge in [0.05, 0.1) is 29.3 Å². The molecule has 0 saturated carbocycles. The van der Waals surface area contributed by atoms with E-state index in [0.717, 1.165) is 61.5 Å². The van der Waals surface area contributed by atoms with Crippen molar-refractivity contribution in [2.75, 3.05) is 34.4 Å². The Morgan fingerprint density at radius 3 is 2.58 bits per heavy atom. The van der Waals surface area contributed by atoms with Gasteiger partial charge < -0.3 is 28.6 Å². The van der Waals surface area contributed by atoms with E-state index in [1.165, 1.54) is 33.3 Å². The van der Waals surface area contributed by atoms with Gasteiger partial charge in [0.25, 0.3) is 0 Å². The zero-order chi connectivity index (χ0) is 29.1. The molecule has 0 unspecified atom stereocenters. The molecule has 4 aromatic rings. The third-order valence-corrected chi connectivity index (χ3v) is 11.7. The highest BCUT2D eigenvalue weighted by Crippen LogP contribution is 2.69. The average Bonchev–Trinajstić information content (AvgIpc) is 3.55. The first kappa shape index (κ1) is 26.1. The lowest BCUT2D eigenvalue weighted by Crippen LogP contribution is -2.74. The molecule has 222 valence electrons. The smallest absolute Gasteiger partial charge is 0.198 e. The molecule has 2 bridgehead atoms. The summed E-state index contributed by atoms with van der Waals surface area (Å²) in [4.78, 5) is 2.56. The number of para-hydroxylation sites is 1. The van der Waals surface area contributed by atoms with Crippen LogP contribution in [0, 0.1) is 0 Å². The first-order chi connectivity index (χ1) is 21.0. The van der Waals surface area contributed by atoms with Crippen LogP contribution in [-0.4, -0.2) is 60.6 Å². The maximum atomic E-state index is 13.4. The Morgan fingerprint density at radius 1 is 0.953 bits per heavy atom. The van der Waals surface area contributed by atoms with Gasteiger partial charge in [-0.1, -0.05) is 54.6 Å². The number of hydrogen-bond donors (Lipinski definition) is 1. The average molecular weight is 579 g/mol. The Kier molecular flexibility index (Phi) is 5.37. The molecule has 43 heavy (non-hydrogen) atoms. The van der Waals surface area contributed by atoms with Crippen molar-refractivity contribution >= 4 is 10.9 Å². The fourth-order valence-corrected chi connectivity index (χ4v) is 9.83. The fraction of sp³-hybridized carbons (Fsp3) is 0.444. The topological polar surface area (TPSA) is 65.3 Å². The van der Waals surface area contributed by atoms with Gasteiger partial charge >= 0.3 is 0 Å². The van der Waals surface area contributed by atoms with E-state index < -0.39 is 16.8 Å². The summed E-state index contributed by atoms with van der Waals surface area (Å²) < 4.78 is 27.6. The molecule has 7 heteroatoms. The number of fused-ring (bicyclic) bond motifs is 4. The molecule has 3 aliphatic heterocycles. The number of likely N-dealkylation sites (tertiary alicyclic amines) is 1. The van der Waals surface area contributed by atoms with Crippen LogP contribution in [0.1, 0.15) is 52.5 Å². The number of benzene rings is 3. The molecule has 1 aromatic heterocycles. The van der Waals surface area contributed by atoms with Crippen molar-refractivity contribution in [2.24, 2.45) is 0 Å². The molecule has 1 saturated heterocycles. The molecule has 3 aromatic carbocycles. The van der Waals surface area contributed by atoms with Crippen LogP contribution in [0.2, 0.25) is 0 Å². The largest absolute Gasteiger partial charge is 0.493 e. The van der Waals surface area contributed by atoms with Gasteiger partial charge in [-0.25, -0.2) is 0 Å². The summed E-state index contributed by atoms with van der Waals surface area (Å²) in [5.74, 6) is 0.785. The summed E-state index contributed by atoms with van der Waals surface area (Å²) in [5, 5.41) is 14.6. The van der Waals surface area contributed by atoms with E-state index in [-0.39, 0.29) is 12.1 Å². The van der Waals surface area contributed by atoms with E-state index in [1.807, 2.05) is 0 Å². The standard InChI is InChI=1S/C36H38N2O5/c1-40-27-13-12-23-20-28-35(39)21-25-24-10-7-11-26-30(24)38(19-16-36(26,41-2)42-3)31(25)33-34(35,29(23)32(27)43-33)15-18-37(28)17-14-22-8-5-4-6-9-22/h4-13,28,33,39H,14-21H2,1-3H3/t28-,33-,34-,35+/m0/s1. The highest BCUT2D eigenvalue weighted by Gasteiger charge is 2.73. The van der Waals surface area contributed by atoms with E-state index in [0.29, 0.717) is 12.8 Å². The Hall–Kier alpha value is -3.36. The summed E-state index contributed by atoms with van der Waals surface area (Å²) in [7, 11) is 5.18. The molecule has 0 radical (unpaired) electrons. The lowest BCUT2D eigenvalue weighted by atomic mass is 9.49. The van der Waals surface area contributed by atoms with E-state index in [9.17, 15) is 5.11 Å². The number of rotatable bonds is 6. The number of ether oxygens (including phenoxy) is 4. The number of aromatic nitrogens is 1. The minimum absolute atomic E-state index is 0.0141. The Morgan fingerprint density at radius 2 is 1.79 bits per heavy atom. The van der Waals surface area contributed by atoms with E-state index in [1.54, 1.807) is 21.3 Å². The maximum absolute atomic E-state index is 13.4. The molecule has 1 N–H and O–H groups in total. The Labute approximate surface area is 251 Å². The Bertz CT molecular complexity index is 1780. The predicted molar refractivity (Wildman–Crippen MR) is 163 cm³/mol. The molecule has 4 atom stereocenters. The fourth-order valence-electron chi connectivity index (χ4n) is 9.83. The molecule has 0 amide bonds. The first-order valence-electron chi connectivity index (χ1n) is 15.6. The van der Waals surface area contributed by atoms with Crippen molar-refractivity contribution < 1.29 is 24.1 Å². The number of nitrogens with zero attached hydrogens (tertiary/aromatic N) is 2. The molecular formula is C36H38N2O5. The second-order valence-electron chi connectivity index (χ2n) is 13.1. The van der Waals surface area contributed by atoms with Gasteiger partial charge in [-0.3, -0.25) is 4.90 Å². The van der Waals surface area contributed by atoms with Gasteiger partial charge in [0.2, 0.25) is 0 Å². The van der Waals surface area contributed by atoms with Crippen LogP contribution in [0.4, 0.5) is 0 Å². The molecule has 7 nitrogen and oxygen atoms in total. The maximum Gasteiger partial charge on any atom is 0.198 e. The molecule has 2 aliphatic carbocycles. The minimum atomic E-state index is -0.993. The zero-order valence-corrected chi connectivity index (χ0v) is 25.1. The number of piperidine rings is 1. The lowest BCUT2D eigenvalue weighted by molar-refractivity contribution is -0.223. The van der Waals surface area contributed by atoms with E-state index in [2.05, 4.69) is 70.1 Å². The summed E-state index contributed by atoms with van der Waals surface area (Å²) >= 11 is 0. The molecule has 1 spiro atoms. The van der Waals surface area contributed by atoms with Gasteiger partial charge in [0.15, 0.2) is 23.4 Å². The molecule has 5 aliphatic rings. The van der Waals surface area contributed by atoms with Crippen LogP contribution in [0.15, 0.2) is 60.7 Å². The summed E-state index contributed by atoms with van der Waals surface area (Å²) in [6.07, 6.45) is 3.58. The van der Waals surface area contributed by atoms with Crippen LogP contribution in [0.25, 0.3) is 10.9 Å². The zero-order valence-electron chi connectivity index (χ0n) is 25.1. The number of methoxy groups -OCH3 is 3. The third kappa shape index (κ3) is 3.04. The minimum Gasteiger partial charge on any atom is -0.493 e. The summed E-state index contributed by atoms with van der Waals surface area (Å²) in [6.45, 7) is 2.60. The van der Waals surface area contributed by atoms with Gasteiger partial charge in [0, 0.05) is 62.7 Å². The van der Waals surface area contributed by atoms with Crippen LogP contribution in [-0.2, 0) is 46.5 Å². The van der Waals surface area contributed by atoms with Crippen LogP contribution >= 0.6 is 0 Å².